The van der Waals surface area contributed by atoms with Gasteiger partial charge in [-0.15, -0.1) is 0 Å². The highest BCUT2D eigenvalue weighted by Gasteiger charge is 2.36. The molecule has 2 unspecified atom stereocenters. The number of hydrogen-bond donors (Lipinski definition) is 2. The van der Waals surface area contributed by atoms with Crippen molar-refractivity contribution in [2.75, 3.05) is 25.1 Å². The average Bonchev–Trinajstić information content (AvgIpc) is 2.99. The summed E-state index contributed by atoms with van der Waals surface area (Å²) in [4.78, 5) is 37.6. The number of carbonyl (C=O) groups is 3. The Morgan fingerprint density at radius 3 is 2.65 bits per heavy atom. The normalized spacial score (nSPS) is 18.1. The smallest absolute Gasteiger partial charge is 0.308 e. The largest absolute Gasteiger partial charge is 0.495 e. The molecule has 2 rings (SSSR count). The summed E-state index contributed by atoms with van der Waals surface area (Å²) >= 11 is 0. The molecule has 0 aromatic heterocycles. The SMILES string of the molecule is COc1ccccc1N1CC(C(=O)NCC(CC(C)C)C(=O)O)CC1=O. The Kier molecular flexibility index (Phi) is 6.60. The Labute approximate surface area is 153 Å². The zero-order valence-electron chi connectivity index (χ0n) is 15.4. The molecule has 1 aromatic rings. The van der Waals surface area contributed by atoms with Crippen molar-refractivity contribution in [2.45, 2.75) is 26.7 Å². The molecule has 1 aliphatic heterocycles. The van der Waals surface area contributed by atoms with Crippen LogP contribution in [0.3, 0.4) is 0 Å². The first-order valence-electron chi connectivity index (χ1n) is 8.77. The zero-order valence-corrected chi connectivity index (χ0v) is 15.4. The molecular formula is C19H26N2O5. The number of benzene rings is 1. The number of nitrogens with zero attached hydrogens (tertiary/aromatic N) is 1. The van der Waals surface area contributed by atoms with E-state index in [4.69, 9.17) is 4.74 Å². The molecule has 2 atom stereocenters. The Bertz CT molecular complexity index is 674. The lowest BCUT2D eigenvalue weighted by atomic mass is 9.97. The summed E-state index contributed by atoms with van der Waals surface area (Å²) in [5.41, 5.74) is 0.638. The van der Waals surface area contributed by atoms with Crippen molar-refractivity contribution >= 4 is 23.5 Å². The third-order valence-electron chi connectivity index (χ3n) is 4.50. The summed E-state index contributed by atoms with van der Waals surface area (Å²) in [6, 6.07) is 7.16. The van der Waals surface area contributed by atoms with Gasteiger partial charge < -0.3 is 20.1 Å². The molecule has 0 bridgehead atoms. The maximum absolute atomic E-state index is 12.4. The average molecular weight is 362 g/mol. The van der Waals surface area contributed by atoms with E-state index in [0.29, 0.717) is 17.9 Å². The van der Waals surface area contributed by atoms with Gasteiger partial charge in [-0.1, -0.05) is 26.0 Å². The highest BCUT2D eigenvalue weighted by molar-refractivity contribution is 6.01. The number of amides is 2. The fourth-order valence-electron chi connectivity index (χ4n) is 3.18. The van der Waals surface area contributed by atoms with Gasteiger partial charge in [0, 0.05) is 19.5 Å². The van der Waals surface area contributed by atoms with Crippen molar-refractivity contribution in [2.24, 2.45) is 17.8 Å². The van der Waals surface area contributed by atoms with Gasteiger partial charge in [-0.2, -0.15) is 0 Å². The summed E-state index contributed by atoms with van der Waals surface area (Å²) in [5, 5.41) is 12.0. The quantitative estimate of drug-likeness (QED) is 0.736. The molecule has 2 amide bonds. The first-order valence-corrected chi connectivity index (χ1v) is 8.77. The van der Waals surface area contributed by atoms with E-state index in [-0.39, 0.29) is 37.2 Å². The van der Waals surface area contributed by atoms with Crippen molar-refractivity contribution < 1.29 is 24.2 Å². The Morgan fingerprint density at radius 1 is 1.35 bits per heavy atom. The second kappa shape index (κ2) is 8.69. The molecule has 1 aliphatic rings. The standard InChI is InChI=1S/C19H26N2O5/c1-12(2)8-13(19(24)25)10-20-18(23)14-9-17(22)21(11-14)15-6-4-5-7-16(15)26-3/h4-7,12-14H,8-11H2,1-3H3,(H,20,23)(H,24,25). The van der Waals surface area contributed by atoms with E-state index >= 15 is 0 Å². The maximum atomic E-state index is 12.4. The number of ether oxygens (including phenoxy) is 1. The van der Waals surface area contributed by atoms with E-state index in [9.17, 15) is 19.5 Å². The summed E-state index contributed by atoms with van der Waals surface area (Å²) in [7, 11) is 1.53. The van der Waals surface area contributed by atoms with Crippen LogP contribution in [0.4, 0.5) is 5.69 Å². The first kappa shape index (κ1) is 19.8. The monoisotopic (exact) mass is 362 g/mol. The summed E-state index contributed by atoms with van der Waals surface area (Å²) < 4.78 is 5.28. The molecule has 1 aromatic carbocycles. The number of anilines is 1. The van der Waals surface area contributed by atoms with Gasteiger partial charge in [0.2, 0.25) is 11.8 Å². The molecule has 0 aliphatic carbocycles. The molecule has 26 heavy (non-hydrogen) atoms. The van der Waals surface area contributed by atoms with Crippen LogP contribution in [0.15, 0.2) is 24.3 Å². The lowest BCUT2D eigenvalue weighted by Gasteiger charge is -2.20. The molecule has 1 saturated heterocycles. The van der Waals surface area contributed by atoms with Gasteiger partial charge in [0.05, 0.1) is 24.6 Å². The van der Waals surface area contributed by atoms with Crippen molar-refractivity contribution in [1.29, 1.82) is 0 Å². The third kappa shape index (κ3) is 4.74. The fourth-order valence-corrected chi connectivity index (χ4v) is 3.18. The fraction of sp³-hybridized carbons (Fsp3) is 0.526. The van der Waals surface area contributed by atoms with Crippen LogP contribution in [-0.4, -0.2) is 43.1 Å². The number of rotatable bonds is 8. The minimum absolute atomic E-state index is 0.0751. The van der Waals surface area contributed by atoms with E-state index in [1.807, 2.05) is 26.0 Å². The van der Waals surface area contributed by atoms with Gasteiger partial charge >= 0.3 is 5.97 Å². The van der Waals surface area contributed by atoms with Crippen LogP contribution < -0.4 is 15.0 Å². The van der Waals surface area contributed by atoms with E-state index in [0.717, 1.165) is 0 Å². The highest BCUT2D eigenvalue weighted by Crippen LogP contribution is 2.32. The molecule has 1 heterocycles. The topological polar surface area (TPSA) is 95.9 Å². The van der Waals surface area contributed by atoms with Crippen molar-refractivity contribution in [3.8, 4) is 5.75 Å². The number of nitrogens with one attached hydrogen (secondary N) is 1. The molecule has 0 radical (unpaired) electrons. The summed E-state index contributed by atoms with van der Waals surface area (Å²) in [6.07, 6.45) is 0.596. The Balaban J connectivity index is 1.99. The van der Waals surface area contributed by atoms with Crippen LogP contribution in [0.5, 0.6) is 5.75 Å². The van der Waals surface area contributed by atoms with Crippen LogP contribution in [0.25, 0.3) is 0 Å². The molecule has 0 spiro atoms. The molecule has 7 nitrogen and oxygen atoms in total. The lowest BCUT2D eigenvalue weighted by Crippen LogP contribution is -2.38. The predicted octanol–water partition coefficient (Wildman–Crippen LogP) is 1.91. The molecular weight excluding hydrogens is 336 g/mol. The molecule has 2 N–H and O–H groups in total. The van der Waals surface area contributed by atoms with E-state index < -0.39 is 17.8 Å². The van der Waals surface area contributed by atoms with Gasteiger partial charge in [-0.3, -0.25) is 14.4 Å². The predicted molar refractivity (Wildman–Crippen MR) is 97.0 cm³/mol. The van der Waals surface area contributed by atoms with E-state index in [1.165, 1.54) is 7.11 Å². The summed E-state index contributed by atoms with van der Waals surface area (Å²) in [6.45, 7) is 4.22. The van der Waals surface area contributed by atoms with Crippen LogP contribution in [-0.2, 0) is 14.4 Å². The van der Waals surface area contributed by atoms with Crippen molar-refractivity contribution in [3.05, 3.63) is 24.3 Å². The first-order chi connectivity index (χ1) is 12.3. The van der Waals surface area contributed by atoms with Gasteiger partial charge in [-0.25, -0.2) is 0 Å². The molecule has 142 valence electrons. The number of aliphatic carboxylic acids is 1. The van der Waals surface area contributed by atoms with Gasteiger partial charge in [0.1, 0.15) is 5.75 Å². The van der Waals surface area contributed by atoms with Crippen molar-refractivity contribution in [3.63, 3.8) is 0 Å². The number of carboxylic acid groups (broad SMARTS) is 1. The molecule has 7 heteroatoms. The minimum atomic E-state index is -0.919. The van der Waals surface area contributed by atoms with Crippen LogP contribution in [0.1, 0.15) is 26.7 Å². The number of carboxylic acids is 1. The number of carbonyl (C=O) groups excluding carboxylic acids is 2. The van der Waals surface area contributed by atoms with Crippen LogP contribution in [0.2, 0.25) is 0 Å². The number of hydrogen-bond acceptors (Lipinski definition) is 4. The Morgan fingerprint density at radius 2 is 2.04 bits per heavy atom. The highest BCUT2D eigenvalue weighted by atomic mass is 16.5. The van der Waals surface area contributed by atoms with E-state index in [2.05, 4.69) is 5.32 Å². The second-order valence-electron chi connectivity index (χ2n) is 6.99. The Hall–Kier alpha value is -2.57. The number of methoxy groups -OCH3 is 1. The lowest BCUT2D eigenvalue weighted by molar-refractivity contribution is -0.142. The van der Waals surface area contributed by atoms with E-state index in [1.54, 1.807) is 17.0 Å². The van der Waals surface area contributed by atoms with Gasteiger partial charge in [0.25, 0.3) is 0 Å². The minimum Gasteiger partial charge on any atom is -0.495 e. The number of para-hydroxylation sites is 2. The summed E-state index contributed by atoms with van der Waals surface area (Å²) in [5.74, 6) is -1.68. The van der Waals surface area contributed by atoms with Crippen LogP contribution >= 0.6 is 0 Å². The molecule has 0 saturated carbocycles. The van der Waals surface area contributed by atoms with Crippen LogP contribution in [0, 0.1) is 17.8 Å². The van der Waals surface area contributed by atoms with Crippen molar-refractivity contribution in [1.82, 2.24) is 5.32 Å². The third-order valence-corrected chi connectivity index (χ3v) is 4.50. The molecule has 1 fully saturated rings. The zero-order chi connectivity index (χ0) is 19.3. The maximum Gasteiger partial charge on any atom is 0.308 e. The van der Waals surface area contributed by atoms with Gasteiger partial charge in [0.15, 0.2) is 0 Å². The second-order valence-corrected chi connectivity index (χ2v) is 6.99. The van der Waals surface area contributed by atoms with Gasteiger partial charge in [-0.05, 0) is 24.5 Å².